The summed E-state index contributed by atoms with van der Waals surface area (Å²) in [7, 11) is 0. The summed E-state index contributed by atoms with van der Waals surface area (Å²) in [5.41, 5.74) is 0.449. The van der Waals surface area contributed by atoms with Crippen molar-refractivity contribution in [1.82, 2.24) is 9.88 Å². The standard InChI is InChI=1S/C20H31N3O4/c1-4-6-14-27-16(3)19(24)23-11-7-10-22(12-13-23)18-9-8-17(15-21-18)20(25)26-5-2/h8-9,15-16H,4-7,10-14H2,1-3H3. The van der Waals surface area contributed by atoms with Gasteiger partial charge in [-0.1, -0.05) is 13.3 Å². The SMILES string of the molecule is CCCCOC(C)C(=O)N1CCCN(c2ccc(C(=O)OCC)cn2)CC1. The molecule has 0 aromatic carbocycles. The van der Waals surface area contributed by atoms with Gasteiger partial charge in [-0.15, -0.1) is 0 Å². The second kappa shape index (κ2) is 10.9. The van der Waals surface area contributed by atoms with Gasteiger partial charge >= 0.3 is 5.97 Å². The zero-order valence-corrected chi connectivity index (χ0v) is 16.6. The molecule has 150 valence electrons. The van der Waals surface area contributed by atoms with E-state index in [1.807, 2.05) is 17.9 Å². The Morgan fingerprint density at radius 2 is 2.00 bits per heavy atom. The van der Waals surface area contributed by atoms with Gasteiger partial charge < -0.3 is 19.3 Å². The number of aromatic nitrogens is 1. The van der Waals surface area contributed by atoms with Crippen molar-refractivity contribution >= 4 is 17.7 Å². The maximum Gasteiger partial charge on any atom is 0.339 e. The van der Waals surface area contributed by atoms with Crippen LogP contribution in [-0.4, -0.2) is 67.3 Å². The first kappa shape index (κ1) is 21.2. The molecule has 1 saturated heterocycles. The highest BCUT2D eigenvalue weighted by atomic mass is 16.5. The number of esters is 1. The van der Waals surface area contributed by atoms with Gasteiger partial charge in [-0.05, 0) is 38.8 Å². The summed E-state index contributed by atoms with van der Waals surface area (Å²) in [6.07, 6.45) is 4.05. The minimum absolute atomic E-state index is 0.0542. The molecule has 0 aliphatic carbocycles. The van der Waals surface area contributed by atoms with Gasteiger partial charge in [-0.2, -0.15) is 0 Å². The van der Waals surface area contributed by atoms with Crippen LogP contribution in [0.25, 0.3) is 0 Å². The lowest BCUT2D eigenvalue weighted by Gasteiger charge is -2.25. The molecule has 0 radical (unpaired) electrons. The summed E-state index contributed by atoms with van der Waals surface area (Å²) < 4.78 is 10.6. The zero-order valence-electron chi connectivity index (χ0n) is 16.6. The molecule has 0 bridgehead atoms. The third-order valence-corrected chi connectivity index (χ3v) is 4.60. The van der Waals surface area contributed by atoms with Crippen molar-refractivity contribution in [3.05, 3.63) is 23.9 Å². The van der Waals surface area contributed by atoms with E-state index in [1.165, 1.54) is 0 Å². The Hall–Kier alpha value is -2.15. The Kier molecular flexibility index (Phi) is 8.51. The van der Waals surface area contributed by atoms with Crippen molar-refractivity contribution < 1.29 is 19.1 Å². The number of carbonyl (C=O) groups is 2. The molecular formula is C20H31N3O4. The fourth-order valence-corrected chi connectivity index (χ4v) is 3.01. The van der Waals surface area contributed by atoms with Crippen molar-refractivity contribution in [3.8, 4) is 0 Å². The Bertz CT molecular complexity index is 606. The predicted molar refractivity (Wildman–Crippen MR) is 104 cm³/mol. The second-order valence-corrected chi connectivity index (χ2v) is 6.66. The number of rotatable bonds is 8. The van der Waals surface area contributed by atoms with E-state index in [0.29, 0.717) is 31.9 Å². The van der Waals surface area contributed by atoms with Crippen LogP contribution in [0.5, 0.6) is 0 Å². The molecule has 0 spiro atoms. The monoisotopic (exact) mass is 377 g/mol. The fraction of sp³-hybridized carbons (Fsp3) is 0.650. The summed E-state index contributed by atoms with van der Waals surface area (Å²) in [6.45, 7) is 9.57. The molecule has 7 heteroatoms. The van der Waals surface area contributed by atoms with Gasteiger partial charge in [0.1, 0.15) is 11.9 Å². The average Bonchev–Trinajstić information content (AvgIpc) is 2.94. The van der Waals surface area contributed by atoms with Crippen molar-refractivity contribution in [2.45, 2.75) is 46.1 Å². The third kappa shape index (κ3) is 6.20. The van der Waals surface area contributed by atoms with Gasteiger partial charge in [0, 0.05) is 39.0 Å². The highest BCUT2D eigenvalue weighted by Crippen LogP contribution is 2.15. The number of nitrogens with zero attached hydrogens (tertiary/aromatic N) is 3. The van der Waals surface area contributed by atoms with Crippen LogP contribution in [0.3, 0.4) is 0 Å². The largest absolute Gasteiger partial charge is 0.462 e. The van der Waals surface area contributed by atoms with E-state index in [2.05, 4.69) is 16.8 Å². The van der Waals surface area contributed by atoms with Crippen LogP contribution in [0.4, 0.5) is 5.82 Å². The van der Waals surface area contributed by atoms with Crippen LogP contribution >= 0.6 is 0 Å². The number of hydrogen-bond donors (Lipinski definition) is 0. The Morgan fingerprint density at radius 3 is 2.67 bits per heavy atom. The summed E-state index contributed by atoms with van der Waals surface area (Å²) >= 11 is 0. The third-order valence-electron chi connectivity index (χ3n) is 4.60. The molecule has 1 aliphatic rings. The highest BCUT2D eigenvalue weighted by Gasteiger charge is 2.24. The molecule has 7 nitrogen and oxygen atoms in total. The topological polar surface area (TPSA) is 72.0 Å². The lowest BCUT2D eigenvalue weighted by atomic mass is 10.2. The number of amides is 1. The van der Waals surface area contributed by atoms with Crippen LogP contribution < -0.4 is 4.90 Å². The minimum atomic E-state index is -0.398. The van der Waals surface area contributed by atoms with Gasteiger partial charge in [0.2, 0.25) is 0 Å². The summed E-state index contributed by atoms with van der Waals surface area (Å²) in [5, 5.41) is 0. The minimum Gasteiger partial charge on any atom is -0.462 e. The molecule has 0 saturated carbocycles. The molecule has 0 N–H and O–H groups in total. The van der Waals surface area contributed by atoms with Crippen LogP contribution in [-0.2, 0) is 14.3 Å². The molecule has 1 fully saturated rings. The molecule has 2 heterocycles. The van der Waals surface area contributed by atoms with Gasteiger partial charge in [0.05, 0.1) is 12.2 Å². The van der Waals surface area contributed by atoms with Gasteiger partial charge in [0.25, 0.3) is 5.91 Å². The lowest BCUT2D eigenvalue weighted by molar-refractivity contribution is -0.142. The van der Waals surface area contributed by atoms with Crippen molar-refractivity contribution in [2.75, 3.05) is 44.3 Å². The van der Waals surface area contributed by atoms with Gasteiger partial charge in [0.15, 0.2) is 0 Å². The number of carbonyl (C=O) groups excluding carboxylic acids is 2. The van der Waals surface area contributed by atoms with E-state index in [-0.39, 0.29) is 11.9 Å². The van der Waals surface area contributed by atoms with Crippen LogP contribution in [0.2, 0.25) is 0 Å². The number of hydrogen-bond acceptors (Lipinski definition) is 6. The van der Waals surface area contributed by atoms with Crippen molar-refractivity contribution in [1.29, 1.82) is 0 Å². The molecule has 1 aromatic rings. The number of pyridine rings is 1. The van der Waals surface area contributed by atoms with E-state index in [4.69, 9.17) is 9.47 Å². The van der Waals surface area contributed by atoms with Crippen LogP contribution in [0.15, 0.2) is 18.3 Å². The van der Waals surface area contributed by atoms with E-state index < -0.39 is 6.10 Å². The Balaban J connectivity index is 1.90. The summed E-state index contributed by atoms with van der Waals surface area (Å²) in [6, 6.07) is 3.57. The first-order chi connectivity index (χ1) is 13.1. The van der Waals surface area contributed by atoms with Gasteiger partial charge in [-0.3, -0.25) is 4.79 Å². The first-order valence-electron chi connectivity index (χ1n) is 9.85. The number of anilines is 1. The maximum atomic E-state index is 12.6. The first-order valence-corrected chi connectivity index (χ1v) is 9.85. The molecule has 2 rings (SSSR count). The van der Waals surface area contributed by atoms with Crippen LogP contribution in [0.1, 0.15) is 50.4 Å². The quantitative estimate of drug-likeness (QED) is 0.512. The lowest BCUT2D eigenvalue weighted by Crippen LogP contribution is -2.41. The molecule has 1 atom stereocenters. The zero-order chi connectivity index (χ0) is 19.6. The predicted octanol–water partition coefficient (Wildman–Crippen LogP) is 2.50. The van der Waals surface area contributed by atoms with E-state index in [0.717, 1.165) is 38.2 Å². The molecule has 1 amide bonds. The Labute approximate surface area is 161 Å². The van der Waals surface area contributed by atoms with E-state index >= 15 is 0 Å². The van der Waals surface area contributed by atoms with Crippen molar-refractivity contribution in [3.63, 3.8) is 0 Å². The summed E-state index contributed by atoms with van der Waals surface area (Å²) in [5.74, 6) is 0.504. The number of unbranched alkanes of at least 4 members (excludes halogenated alkanes) is 1. The summed E-state index contributed by atoms with van der Waals surface area (Å²) in [4.78, 5) is 32.7. The van der Waals surface area contributed by atoms with Crippen molar-refractivity contribution in [2.24, 2.45) is 0 Å². The Morgan fingerprint density at radius 1 is 1.19 bits per heavy atom. The normalized spacial score (nSPS) is 16.0. The molecule has 1 aromatic heterocycles. The average molecular weight is 377 g/mol. The maximum absolute atomic E-state index is 12.6. The smallest absolute Gasteiger partial charge is 0.339 e. The van der Waals surface area contributed by atoms with E-state index in [9.17, 15) is 9.59 Å². The van der Waals surface area contributed by atoms with Gasteiger partial charge in [-0.25, -0.2) is 9.78 Å². The highest BCUT2D eigenvalue weighted by molar-refractivity contribution is 5.89. The van der Waals surface area contributed by atoms with Crippen LogP contribution in [0, 0.1) is 0 Å². The molecule has 27 heavy (non-hydrogen) atoms. The number of ether oxygens (including phenoxy) is 2. The second-order valence-electron chi connectivity index (χ2n) is 6.66. The molecule has 1 aliphatic heterocycles. The van der Waals surface area contributed by atoms with E-state index in [1.54, 1.807) is 19.2 Å². The molecule has 1 unspecified atom stereocenters. The molecular weight excluding hydrogens is 346 g/mol. The fourth-order valence-electron chi connectivity index (χ4n) is 3.01.